The van der Waals surface area contributed by atoms with E-state index in [1.54, 1.807) is 17.4 Å². The maximum Gasteiger partial charge on any atom is 0.372 e. The van der Waals surface area contributed by atoms with Crippen LogP contribution in [0.2, 0.25) is 0 Å². The second-order valence-corrected chi connectivity index (χ2v) is 4.89. The molecular formula is C10H8BrNO3S. The third kappa shape index (κ3) is 2.45. The largest absolute Gasteiger partial charge is 0.475 e. The molecule has 0 aliphatic rings. The zero-order chi connectivity index (χ0) is 11.5. The predicted octanol–water partition coefficient (Wildman–Crippen LogP) is 3.41. The lowest BCUT2D eigenvalue weighted by atomic mass is 10.2. The molecule has 16 heavy (non-hydrogen) atoms. The summed E-state index contributed by atoms with van der Waals surface area (Å²) in [4.78, 5) is 10.8. The number of thiophene rings is 1. The van der Waals surface area contributed by atoms with Crippen molar-refractivity contribution in [1.29, 1.82) is 0 Å². The summed E-state index contributed by atoms with van der Waals surface area (Å²) in [5.74, 6) is -1.06. The van der Waals surface area contributed by atoms with Gasteiger partial charge < -0.3 is 14.8 Å². The molecule has 0 unspecified atom stereocenters. The van der Waals surface area contributed by atoms with Crippen LogP contribution in [0, 0.1) is 0 Å². The normalized spacial score (nSPS) is 10.3. The third-order valence-electron chi connectivity index (χ3n) is 1.96. The Kier molecular flexibility index (Phi) is 3.31. The molecule has 0 saturated carbocycles. The minimum atomic E-state index is -1.05. The summed E-state index contributed by atoms with van der Waals surface area (Å²) in [6.45, 7) is 0.436. The van der Waals surface area contributed by atoms with E-state index in [0.717, 1.165) is 9.47 Å². The predicted molar refractivity (Wildman–Crippen MR) is 65.0 cm³/mol. The Morgan fingerprint density at radius 1 is 1.62 bits per heavy atom. The maximum atomic E-state index is 10.8. The maximum absolute atomic E-state index is 10.8. The van der Waals surface area contributed by atoms with Crippen LogP contribution < -0.4 is 5.32 Å². The Hall–Kier alpha value is -1.27. The number of furan rings is 1. The standard InChI is InChI=1S/C10H8BrNO3S/c11-7-3-8(16-5-7)12-4-6-1-2-15-9(6)10(13)14/h1-3,5,12H,4H2,(H,13,14). The van der Waals surface area contributed by atoms with Crippen LogP contribution in [0.4, 0.5) is 5.00 Å². The molecule has 0 bridgehead atoms. The average molecular weight is 302 g/mol. The van der Waals surface area contributed by atoms with Crippen molar-refractivity contribution in [2.45, 2.75) is 6.54 Å². The van der Waals surface area contributed by atoms with Gasteiger partial charge in [0.25, 0.3) is 0 Å². The molecule has 0 atom stereocenters. The molecule has 84 valence electrons. The summed E-state index contributed by atoms with van der Waals surface area (Å²) < 4.78 is 5.88. The minimum Gasteiger partial charge on any atom is -0.475 e. The van der Waals surface area contributed by atoms with Gasteiger partial charge in [-0.3, -0.25) is 0 Å². The highest BCUT2D eigenvalue weighted by atomic mass is 79.9. The summed E-state index contributed by atoms with van der Waals surface area (Å²) >= 11 is 4.90. The number of carbonyl (C=O) groups is 1. The number of nitrogens with one attached hydrogen (secondary N) is 1. The molecule has 2 aromatic heterocycles. The van der Waals surface area contributed by atoms with E-state index >= 15 is 0 Å². The van der Waals surface area contributed by atoms with Gasteiger partial charge in [0, 0.05) is 22.0 Å². The zero-order valence-corrected chi connectivity index (χ0v) is 10.5. The van der Waals surface area contributed by atoms with Crippen molar-refractivity contribution in [3.8, 4) is 0 Å². The molecule has 2 N–H and O–H groups in total. The molecule has 0 fully saturated rings. The van der Waals surface area contributed by atoms with Crippen LogP contribution in [0.3, 0.4) is 0 Å². The van der Waals surface area contributed by atoms with Crippen molar-refractivity contribution in [3.05, 3.63) is 39.6 Å². The van der Waals surface area contributed by atoms with E-state index in [2.05, 4.69) is 21.2 Å². The van der Waals surface area contributed by atoms with Crippen LogP contribution in [-0.4, -0.2) is 11.1 Å². The van der Waals surface area contributed by atoms with Crippen LogP contribution in [0.15, 0.2) is 32.7 Å². The van der Waals surface area contributed by atoms with Gasteiger partial charge in [-0.25, -0.2) is 4.79 Å². The van der Waals surface area contributed by atoms with Crippen molar-refractivity contribution in [2.24, 2.45) is 0 Å². The van der Waals surface area contributed by atoms with Gasteiger partial charge in [-0.2, -0.15) is 0 Å². The number of hydrogen-bond acceptors (Lipinski definition) is 4. The van der Waals surface area contributed by atoms with E-state index in [4.69, 9.17) is 9.52 Å². The lowest BCUT2D eigenvalue weighted by Gasteiger charge is -2.01. The number of carboxylic acids is 1. The number of rotatable bonds is 4. The average Bonchev–Trinajstić information content (AvgIpc) is 2.83. The molecule has 0 radical (unpaired) electrons. The van der Waals surface area contributed by atoms with Gasteiger partial charge >= 0.3 is 5.97 Å². The second-order valence-electron chi connectivity index (χ2n) is 3.06. The Morgan fingerprint density at radius 2 is 2.44 bits per heavy atom. The Labute approximate surface area is 104 Å². The number of hydrogen-bond donors (Lipinski definition) is 2. The number of carboxylic acid groups (broad SMARTS) is 1. The second kappa shape index (κ2) is 4.71. The SMILES string of the molecule is O=C(O)c1occc1CNc1cc(Br)cs1. The molecule has 2 aromatic rings. The van der Waals surface area contributed by atoms with Crippen LogP contribution in [0.5, 0.6) is 0 Å². The van der Waals surface area contributed by atoms with Crippen LogP contribution >= 0.6 is 27.3 Å². The molecule has 0 saturated heterocycles. The number of halogens is 1. The highest BCUT2D eigenvalue weighted by molar-refractivity contribution is 9.10. The van der Waals surface area contributed by atoms with Crippen molar-refractivity contribution < 1.29 is 14.3 Å². The molecular weight excluding hydrogens is 294 g/mol. The van der Waals surface area contributed by atoms with Gasteiger partial charge in [0.15, 0.2) is 0 Å². The summed E-state index contributed by atoms with van der Waals surface area (Å²) in [5.41, 5.74) is 0.636. The van der Waals surface area contributed by atoms with Gasteiger partial charge in [0.2, 0.25) is 5.76 Å². The Bertz CT molecular complexity index is 506. The molecule has 0 spiro atoms. The van der Waals surface area contributed by atoms with Crippen LogP contribution in [-0.2, 0) is 6.54 Å². The third-order valence-corrected chi connectivity index (χ3v) is 3.61. The van der Waals surface area contributed by atoms with E-state index in [1.165, 1.54) is 6.26 Å². The van der Waals surface area contributed by atoms with Gasteiger partial charge in [0.1, 0.15) is 0 Å². The zero-order valence-electron chi connectivity index (χ0n) is 8.07. The minimum absolute atomic E-state index is 0.0110. The molecule has 2 heterocycles. The van der Waals surface area contributed by atoms with Crippen LogP contribution in [0.1, 0.15) is 16.1 Å². The molecule has 4 nitrogen and oxygen atoms in total. The molecule has 0 aromatic carbocycles. The molecule has 0 aliphatic heterocycles. The van der Waals surface area contributed by atoms with Gasteiger partial charge in [0.05, 0.1) is 11.3 Å². The highest BCUT2D eigenvalue weighted by Gasteiger charge is 2.13. The van der Waals surface area contributed by atoms with Gasteiger partial charge in [-0.05, 0) is 28.1 Å². The first-order chi connectivity index (χ1) is 7.66. The number of anilines is 1. The van der Waals surface area contributed by atoms with Gasteiger partial charge in [-0.1, -0.05) is 0 Å². The fraction of sp³-hybridized carbons (Fsp3) is 0.100. The first kappa shape index (κ1) is 11.2. The first-order valence-corrected chi connectivity index (χ1v) is 6.11. The number of aromatic carboxylic acids is 1. The molecule has 0 amide bonds. The fourth-order valence-corrected chi connectivity index (χ4v) is 2.57. The van der Waals surface area contributed by atoms with Crippen molar-refractivity contribution >= 4 is 38.2 Å². The lowest BCUT2D eigenvalue weighted by molar-refractivity contribution is 0.0661. The highest BCUT2D eigenvalue weighted by Crippen LogP contribution is 2.25. The summed E-state index contributed by atoms with van der Waals surface area (Å²) in [7, 11) is 0. The fourth-order valence-electron chi connectivity index (χ4n) is 1.25. The first-order valence-electron chi connectivity index (χ1n) is 4.44. The smallest absolute Gasteiger partial charge is 0.372 e. The monoisotopic (exact) mass is 301 g/mol. The van der Waals surface area contributed by atoms with Crippen molar-refractivity contribution in [3.63, 3.8) is 0 Å². The van der Waals surface area contributed by atoms with E-state index in [0.29, 0.717) is 12.1 Å². The molecule has 2 rings (SSSR count). The summed E-state index contributed by atoms with van der Waals surface area (Å²) in [5, 5.41) is 14.9. The molecule has 0 aliphatic carbocycles. The summed E-state index contributed by atoms with van der Waals surface area (Å²) in [6, 6.07) is 3.59. The van der Waals surface area contributed by atoms with E-state index in [1.807, 2.05) is 11.4 Å². The lowest BCUT2D eigenvalue weighted by Crippen LogP contribution is -2.03. The van der Waals surface area contributed by atoms with Crippen molar-refractivity contribution in [2.75, 3.05) is 5.32 Å². The Balaban J connectivity index is 2.04. The molecule has 6 heteroatoms. The Morgan fingerprint density at radius 3 is 3.06 bits per heavy atom. The summed E-state index contributed by atoms with van der Waals surface area (Å²) in [6.07, 6.45) is 1.38. The quantitative estimate of drug-likeness (QED) is 0.908. The van der Waals surface area contributed by atoms with E-state index in [9.17, 15) is 4.79 Å². The van der Waals surface area contributed by atoms with Gasteiger partial charge in [-0.15, -0.1) is 11.3 Å². The van der Waals surface area contributed by atoms with E-state index in [-0.39, 0.29) is 5.76 Å². The van der Waals surface area contributed by atoms with E-state index < -0.39 is 5.97 Å². The van der Waals surface area contributed by atoms with Crippen molar-refractivity contribution in [1.82, 2.24) is 0 Å². The van der Waals surface area contributed by atoms with Crippen LogP contribution in [0.25, 0.3) is 0 Å². The topological polar surface area (TPSA) is 62.5 Å².